The zero-order valence-corrected chi connectivity index (χ0v) is 8.74. The highest BCUT2D eigenvalue weighted by molar-refractivity contribution is 5.24. The van der Waals surface area contributed by atoms with E-state index in [1.807, 2.05) is 6.92 Å². The van der Waals surface area contributed by atoms with Crippen molar-refractivity contribution in [1.82, 2.24) is 0 Å². The number of hydrogen-bond acceptors (Lipinski definition) is 2. The smallest absolute Gasteiger partial charge is 0.129 e. The number of ether oxygens (including phenoxy) is 1. The van der Waals surface area contributed by atoms with E-state index in [1.54, 1.807) is 18.2 Å². The summed E-state index contributed by atoms with van der Waals surface area (Å²) in [5, 5.41) is 9.59. The molecule has 1 aliphatic rings. The standard InChI is InChI=1S/C12H15FO2/c1-12(8-9(14)6-7-15-12)10-4-2-3-5-11(10)13/h2-5,9,14H,6-8H2,1H3. The quantitative estimate of drug-likeness (QED) is 0.770. The molecular weight excluding hydrogens is 195 g/mol. The SMILES string of the molecule is CC1(c2ccccc2F)CC(O)CCO1. The minimum atomic E-state index is -0.691. The number of hydrogen-bond donors (Lipinski definition) is 1. The average Bonchev–Trinajstić information content (AvgIpc) is 2.17. The van der Waals surface area contributed by atoms with Crippen LogP contribution < -0.4 is 0 Å². The first-order valence-corrected chi connectivity index (χ1v) is 5.19. The van der Waals surface area contributed by atoms with Gasteiger partial charge in [0.2, 0.25) is 0 Å². The molecule has 1 aromatic carbocycles. The van der Waals surface area contributed by atoms with Crippen molar-refractivity contribution < 1.29 is 14.2 Å². The molecule has 1 saturated heterocycles. The van der Waals surface area contributed by atoms with E-state index in [2.05, 4.69) is 0 Å². The average molecular weight is 210 g/mol. The summed E-state index contributed by atoms with van der Waals surface area (Å²) in [6, 6.07) is 6.58. The van der Waals surface area contributed by atoms with E-state index in [0.717, 1.165) is 0 Å². The van der Waals surface area contributed by atoms with Gasteiger partial charge in [0.1, 0.15) is 5.82 Å². The Hall–Kier alpha value is -0.930. The summed E-state index contributed by atoms with van der Waals surface area (Å²) < 4.78 is 19.2. The Morgan fingerprint density at radius 2 is 2.20 bits per heavy atom. The van der Waals surface area contributed by atoms with E-state index < -0.39 is 11.7 Å². The molecule has 3 heteroatoms. The van der Waals surface area contributed by atoms with E-state index >= 15 is 0 Å². The summed E-state index contributed by atoms with van der Waals surface area (Å²) in [6.45, 7) is 2.31. The number of benzene rings is 1. The highest BCUT2D eigenvalue weighted by Crippen LogP contribution is 2.35. The van der Waals surface area contributed by atoms with Crippen LogP contribution in [-0.4, -0.2) is 17.8 Å². The van der Waals surface area contributed by atoms with Gasteiger partial charge in [-0.3, -0.25) is 0 Å². The zero-order valence-electron chi connectivity index (χ0n) is 8.74. The molecule has 0 amide bonds. The van der Waals surface area contributed by atoms with Crippen molar-refractivity contribution in [2.75, 3.05) is 6.61 Å². The Bertz CT molecular complexity index is 353. The molecule has 1 aromatic rings. The topological polar surface area (TPSA) is 29.5 Å². The van der Waals surface area contributed by atoms with Crippen molar-refractivity contribution >= 4 is 0 Å². The lowest BCUT2D eigenvalue weighted by molar-refractivity contribution is -0.114. The van der Waals surface area contributed by atoms with Gasteiger partial charge in [-0.25, -0.2) is 4.39 Å². The van der Waals surface area contributed by atoms with Crippen LogP contribution in [0.25, 0.3) is 0 Å². The van der Waals surface area contributed by atoms with Crippen LogP contribution in [0.5, 0.6) is 0 Å². The Kier molecular flexibility index (Phi) is 2.76. The summed E-state index contributed by atoms with van der Waals surface area (Å²) in [6.07, 6.45) is 0.682. The highest BCUT2D eigenvalue weighted by Gasteiger charge is 2.35. The maximum absolute atomic E-state index is 13.6. The molecule has 0 aliphatic carbocycles. The van der Waals surface area contributed by atoms with Crippen LogP contribution in [0, 0.1) is 5.82 Å². The lowest BCUT2D eigenvalue weighted by Gasteiger charge is -2.36. The zero-order chi connectivity index (χ0) is 10.9. The Balaban J connectivity index is 2.32. The van der Waals surface area contributed by atoms with Gasteiger partial charge >= 0.3 is 0 Å². The molecule has 1 N–H and O–H groups in total. The molecule has 1 aliphatic heterocycles. The first kappa shape index (κ1) is 10.6. The molecule has 0 radical (unpaired) electrons. The number of aliphatic hydroxyl groups excluding tert-OH is 1. The van der Waals surface area contributed by atoms with Gasteiger partial charge in [-0.05, 0) is 19.4 Å². The summed E-state index contributed by atoms with van der Waals surface area (Å²) >= 11 is 0. The lowest BCUT2D eigenvalue weighted by Crippen LogP contribution is -2.37. The van der Waals surface area contributed by atoms with Gasteiger partial charge in [-0.1, -0.05) is 18.2 Å². The van der Waals surface area contributed by atoms with Crippen LogP contribution in [0.1, 0.15) is 25.3 Å². The van der Waals surface area contributed by atoms with Crippen LogP contribution >= 0.6 is 0 Å². The molecule has 1 heterocycles. The van der Waals surface area contributed by atoms with Crippen molar-refractivity contribution in [2.45, 2.75) is 31.5 Å². The summed E-state index contributed by atoms with van der Waals surface area (Å²) in [5.74, 6) is -0.269. The van der Waals surface area contributed by atoms with Crippen LogP contribution in [0.3, 0.4) is 0 Å². The number of halogens is 1. The van der Waals surface area contributed by atoms with Gasteiger partial charge < -0.3 is 9.84 Å². The molecule has 0 spiro atoms. The molecule has 1 fully saturated rings. The van der Waals surface area contributed by atoms with Crippen molar-refractivity contribution in [3.8, 4) is 0 Å². The molecule has 2 unspecified atom stereocenters. The molecular formula is C12H15FO2. The van der Waals surface area contributed by atoms with Gasteiger partial charge in [-0.2, -0.15) is 0 Å². The van der Waals surface area contributed by atoms with Crippen molar-refractivity contribution in [2.24, 2.45) is 0 Å². The highest BCUT2D eigenvalue weighted by atomic mass is 19.1. The van der Waals surface area contributed by atoms with E-state index in [0.29, 0.717) is 25.0 Å². The fourth-order valence-electron chi connectivity index (χ4n) is 2.11. The molecule has 15 heavy (non-hydrogen) atoms. The van der Waals surface area contributed by atoms with Gasteiger partial charge in [0, 0.05) is 12.0 Å². The van der Waals surface area contributed by atoms with Gasteiger partial charge in [0.25, 0.3) is 0 Å². The molecule has 2 atom stereocenters. The largest absolute Gasteiger partial charge is 0.393 e. The normalized spacial score (nSPS) is 31.5. The molecule has 2 nitrogen and oxygen atoms in total. The van der Waals surface area contributed by atoms with Crippen molar-refractivity contribution in [3.63, 3.8) is 0 Å². The van der Waals surface area contributed by atoms with Crippen molar-refractivity contribution in [1.29, 1.82) is 0 Å². The van der Waals surface area contributed by atoms with E-state index in [4.69, 9.17) is 4.74 Å². The van der Waals surface area contributed by atoms with Crippen molar-refractivity contribution in [3.05, 3.63) is 35.6 Å². The molecule has 0 aromatic heterocycles. The predicted octanol–water partition coefficient (Wildman–Crippen LogP) is 2.21. The third-order valence-electron chi connectivity index (χ3n) is 2.94. The van der Waals surface area contributed by atoms with E-state index in [-0.39, 0.29) is 5.82 Å². The first-order valence-electron chi connectivity index (χ1n) is 5.19. The summed E-state index contributed by atoms with van der Waals surface area (Å²) in [5.41, 5.74) is -0.160. The lowest BCUT2D eigenvalue weighted by atomic mass is 9.86. The number of rotatable bonds is 1. The Morgan fingerprint density at radius 1 is 1.47 bits per heavy atom. The predicted molar refractivity (Wildman–Crippen MR) is 54.9 cm³/mol. The second-order valence-electron chi connectivity index (χ2n) is 4.21. The molecule has 82 valence electrons. The molecule has 0 saturated carbocycles. The number of aliphatic hydroxyl groups is 1. The maximum atomic E-state index is 13.6. The van der Waals surface area contributed by atoms with Gasteiger partial charge in [0.05, 0.1) is 18.3 Å². The monoisotopic (exact) mass is 210 g/mol. The minimum Gasteiger partial charge on any atom is -0.393 e. The van der Waals surface area contributed by atoms with Gasteiger partial charge in [-0.15, -0.1) is 0 Å². The van der Waals surface area contributed by atoms with Crippen LogP contribution in [0.4, 0.5) is 4.39 Å². The van der Waals surface area contributed by atoms with Crippen LogP contribution in [0.15, 0.2) is 24.3 Å². The Labute approximate surface area is 88.7 Å². The third-order valence-corrected chi connectivity index (χ3v) is 2.94. The first-order chi connectivity index (χ1) is 7.12. The van der Waals surface area contributed by atoms with Gasteiger partial charge in [0.15, 0.2) is 0 Å². The Morgan fingerprint density at radius 3 is 2.87 bits per heavy atom. The van der Waals surface area contributed by atoms with Crippen LogP contribution in [0.2, 0.25) is 0 Å². The third kappa shape index (κ3) is 2.03. The second-order valence-corrected chi connectivity index (χ2v) is 4.21. The minimum absolute atomic E-state index is 0.269. The fourth-order valence-corrected chi connectivity index (χ4v) is 2.11. The molecule has 2 rings (SSSR count). The molecule has 0 bridgehead atoms. The summed E-state index contributed by atoms with van der Waals surface area (Å²) in [7, 11) is 0. The summed E-state index contributed by atoms with van der Waals surface area (Å²) in [4.78, 5) is 0. The second kappa shape index (κ2) is 3.91. The fraction of sp³-hybridized carbons (Fsp3) is 0.500. The van der Waals surface area contributed by atoms with E-state index in [9.17, 15) is 9.50 Å². The van der Waals surface area contributed by atoms with Crippen LogP contribution in [-0.2, 0) is 10.3 Å². The van der Waals surface area contributed by atoms with E-state index in [1.165, 1.54) is 6.07 Å². The maximum Gasteiger partial charge on any atom is 0.129 e.